The third-order valence-corrected chi connectivity index (χ3v) is 3.36. The molecular formula is C14H23NO3. The largest absolute Gasteiger partial charge is 0.441 e. The Labute approximate surface area is 109 Å². The van der Waals surface area contributed by atoms with Crippen molar-refractivity contribution >= 4 is 12.0 Å². The summed E-state index contributed by atoms with van der Waals surface area (Å²) in [4.78, 5) is 25.5. The van der Waals surface area contributed by atoms with Gasteiger partial charge in [-0.15, -0.1) is 0 Å². The van der Waals surface area contributed by atoms with Crippen molar-refractivity contribution < 1.29 is 14.3 Å². The first-order chi connectivity index (χ1) is 8.09. The van der Waals surface area contributed by atoms with E-state index < -0.39 is 11.7 Å². The topological polar surface area (TPSA) is 46.6 Å². The maximum Gasteiger partial charge on any atom is 0.417 e. The molecule has 1 aliphatic heterocycles. The van der Waals surface area contributed by atoms with Gasteiger partial charge in [-0.05, 0) is 25.7 Å². The van der Waals surface area contributed by atoms with E-state index in [4.69, 9.17) is 4.74 Å². The third-order valence-electron chi connectivity index (χ3n) is 3.36. The minimum Gasteiger partial charge on any atom is -0.441 e. The van der Waals surface area contributed by atoms with Gasteiger partial charge in [0.05, 0.1) is 6.04 Å². The van der Waals surface area contributed by atoms with E-state index in [-0.39, 0.29) is 23.8 Å². The van der Waals surface area contributed by atoms with Crippen LogP contribution in [0.2, 0.25) is 0 Å². The predicted octanol–water partition coefficient (Wildman–Crippen LogP) is 2.98. The molecule has 2 amide bonds. The number of hydrogen-bond donors (Lipinski definition) is 0. The van der Waals surface area contributed by atoms with Crippen molar-refractivity contribution in [3.8, 4) is 0 Å². The van der Waals surface area contributed by atoms with Gasteiger partial charge in [0.25, 0.3) is 5.91 Å². The van der Waals surface area contributed by atoms with Crippen LogP contribution in [0.1, 0.15) is 41.5 Å². The molecule has 0 aromatic heterocycles. The molecule has 18 heavy (non-hydrogen) atoms. The molecule has 0 N–H and O–H groups in total. The molecule has 0 aromatic rings. The Morgan fingerprint density at radius 3 is 2.22 bits per heavy atom. The van der Waals surface area contributed by atoms with Crippen molar-refractivity contribution in [3.63, 3.8) is 0 Å². The van der Waals surface area contributed by atoms with Gasteiger partial charge in [0.15, 0.2) is 0 Å². The van der Waals surface area contributed by atoms with Gasteiger partial charge in [0.2, 0.25) is 0 Å². The lowest BCUT2D eigenvalue weighted by atomic mass is 9.88. The number of carbonyl (C=O) groups is 2. The number of nitrogens with zero attached hydrogens (tertiary/aromatic N) is 1. The molecule has 0 bridgehead atoms. The Morgan fingerprint density at radius 2 is 1.83 bits per heavy atom. The first-order valence-corrected chi connectivity index (χ1v) is 6.35. The molecular weight excluding hydrogens is 230 g/mol. The second-order valence-corrected chi connectivity index (χ2v) is 6.02. The SMILES string of the molecule is C=C(C(=O)N1C(=O)OC(C)(C)[C@@H]1C(C)C)C(C)C. The Bertz CT molecular complexity index is 383. The number of amides is 2. The zero-order chi connectivity index (χ0) is 14.2. The van der Waals surface area contributed by atoms with Crippen LogP contribution in [0.3, 0.4) is 0 Å². The van der Waals surface area contributed by atoms with Crippen LogP contribution in [0.5, 0.6) is 0 Å². The molecule has 1 atom stereocenters. The minimum atomic E-state index is -0.655. The van der Waals surface area contributed by atoms with Crippen molar-refractivity contribution in [2.75, 3.05) is 0 Å². The highest BCUT2D eigenvalue weighted by molar-refractivity contribution is 6.03. The van der Waals surface area contributed by atoms with Gasteiger partial charge in [0, 0.05) is 5.57 Å². The lowest BCUT2D eigenvalue weighted by Gasteiger charge is -2.31. The minimum absolute atomic E-state index is 0.0156. The second-order valence-electron chi connectivity index (χ2n) is 6.02. The van der Waals surface area contributed by atoms with Gasteiger partial charge < -0.3 is 4.74 Å². The van der Waals surface area contributed by atoms with E-state index in [1.807, 2.05) is 41.5 Å². The summed E-state index contributed by atoms with van der Waals surface area (Å²) in [7, 11) is 0. The lowest BCUT2D eigenvalue weighted by molar-refractivity contribution is -0.126. The molecule has 0 unspecified atom stereocenters. The van der Waals surface area contributed by atoms with Gasteiger partial charge in [-0.2, -0.15) is 0 Å². The zero-order valence-corrected chi connectivity index (χ0v) is 12.1. The first-order valence-electron chi connectivity index (χ1n) is 6.35. The Balaban J connectivity index is 3.10. The molecule has 1 aliphatic rings. The van der Waals surface area contributed by atoms with E-state index in [9.17, 15) is 9.59 Å². The van der Waals surface area contributed by atoms with E-state index in [0.717, 1.165) is 0 Å². The molecule has 0 aliphatic carbocycles. The van der Waals surface area contributed by atoms with Crippen LogP contribution in [-0.4, -0.2) is 28.5 Å². The summed E-state index contributed by atoms with van der Waals surface area (Å²) < 4.78 is 5.31. The van der Waals surface area contributed by atoms with E-state index in [2.05, 4.69) is 6.58 Å². The van der Waals surface area contributed by atoms with E-state index in [0.29, 0.717) is 5.57 Å². The van der Waals surface area contributed by atoms with Crippen LogP contribution >= 0.6 is 0 Å². The maximum atomic E-state index is 12.3. The van der Waals surface area contributed by atoms with Crippen molar-refractivity contribution in [3.05, 3.63) is 12.2 Å². The smallest absolute Gasteiger partial charge is 0.417 e. The monoisotopic (exact) mass is 253 g/mol. The van der Waals surface area contributed by atoms with E-state index >= 15 is 0 Å². The van der Waals surface area contributed by atoms with Crippen LogP contribution < -0.4 is 0 Å². The summed E-state index contributed by atoms with van der Waals surface area (Å²) in [6.07, 6.45) is -0.564. The zero-order valence-electron chi connectivity index (χ0n) is 12.1. The van der Waals surface area contributed by atoms with Gasteiger partial charge in [0.1, 0.15) is 5.60 Å². The molecule has 0 aromatic carbocycles. The van der Waals surface area contributed by atoms with Crippen molar-refractivity contribution in [1.82, 2.24) is 4.90 Å². The van der Waals surface area contributed by atoms with Crippen LogP contribution in [-0.2, 0) is 9.53 Å². The number of cyclic esters (lactones) is 1. The Kier molecular flexibility index (Phi) is 3.89. The Hall–Kier alpha value is -1.32. The summed E-state index contributed by atoms with van der Waals surface area (Å²) in [5.74, 6) is -0.170. The number of hydrogen-bond acceptors (Lipinski definition) is 3. The normalized spacial score (nSPS) is 22.6. The van der Waals surface area contributed by atoms with Gasteiger partial charge in [-0.1, -0.05) is 34.3 Å². The summed E-state index contributed by atoms with van der Waals surface area (Å²) >= 11 is 0. The fraction of sp³-hybridized carbons (Fsp3) is 0.714. The molecule has 1 rings (SSSR count). The molecule has 1 heterocycles. The predicted molar refractivity (Wildman–Crippen MR) is 70.0 cm³/mol. The van der Waals surface area contributed by atoms with Gasteiger partial charge in [-0.25, -0.2) is 9.69 Å². The van der Waals surface area contributed by atoms with Crippen LogP contribution in [0.4, 0.5) is 4.79 Å². The fourth-order valence-electron chi connectivity index (χ4n) is 2.47. The first kappa shape index (κ1) is 14.7. The number of carbonyl (C=O) groups excluding carboxylic acids is 2. The van der Waals surface area contributed by atoms with Crippen LogP contribution in [0.15, 0.2) is 12.2 Å². The highest BCUT2D eigenvalue weighted by Crippen LogP contribution is 2.35. The lowest BCUT2D eigenvalue weighted by Crippen LogP contribution is -2.48. The van der Waals surface area contributed by atoms with Crippen LogP contribution in [0, 0.1) is 11.8 Å². The average molecular weight is 253 g/mol. The van der Waals surface area contributed by atoms with Gasteiger partial charge in [-0.3, -0.25) is 4.79 Å². The maximum absolute atomic E-state index is 12.3. The molecule has 102 valence electrons. The summed E-state index contributed by atoms with van der Waals surface area (Å²) in [6.45, 7) is 15.2. The number of imide groups is 1. The molecule has 0 saturated carbocycles. The van der Waals surface area contributed by atoms with E-state index in [1.54, 1.807) is 0 Å². The molecule has 4 nitrogen and oxygen atoms in total. The summed E-state index contributed by atoms with van der Waals surface area (Å²) in [6, 6.07) is -0.256. The van der Waals surface area contributed by atoms with Gasteiger partial charge >= 0.3 is 6.09 Å². The Morgan fingerprint density at radius 1 is 1.33 bits per heavy atom. The second kappa shape index (κ2) is 4.75. The summed E-state index contributed by atoms with van der Waals surface area (Å²) in [5, 5.41) is 0. The quantitative estimate of drug-likeness (QED) is 0.726. The molecule has 0 spiro atoms. The highest BCUT2D eigenvalue weighted by atomic mass is 16.6. The van der Waals surface area contributed by atoms with Crippen molar-refractivity contribution in [2.24, 2.45) is 11.8 Å². The summed E-state index contributed by atoms with van der Waals surface area (Å²) in [5.41, 5.74) is -0.215. The van der Waals surface area contributed by atoms with E-state index in [1.165, 1.54) is 4.90 Å². The molecule has 1 fully saturated rings. The molecule has 0 radical (unpaired) electrons. The van der Waals surface area contributed by atoms with Crippen molar-refractivity contribution in [1.29, 1.82) is 0 Å². The van der Waals surface area contributed by atoms with Crippen LogP contribution in [0.25, 0.3) is 0 Å². The number of rotatable bonds is 3. The standard InChI is InChI=1S/C14H23NO3/c1-8(2)10(5)12(16)15-11(9(3)4)14(6,7)18-13(15)17/h8-9,11H,5H2,1-4,6-7H3/t11-/m0/s1. The van der Waals surface area contributed by atoms with Crippen molar-refractivity contribution in [2.45, 2.75) is 53.2 Å². The highest BCUT2D eigenvalue weighted by Gasteiger charge is 2.52. The number of ether oxygens (including phenoxy) is 1. The molecule has 1 saturated heterocycles. The fourth-order valence-corrected chi connectivity index (χ4v) is 2.47. The third kappa shape index (κ3) is 2.42. The average Bonchev–Trinajstić information content (AvgIpc) is 2.45. The molecule has 4 heteroatoms.